The van der Waals surface area contributed by atoms with Crippen LogP contribution in [0.5, 0.6) is 5.75 Å². The number of rotatable bonds is 5. The van der Waals surface area contributed by atoms with Crippen molar-refractivity contribution in [3.05, 3.63) is 67.6 Å². The van der Waals surface area contributed by atoms with Crippen molar-refractivity contribution in [2.24, 2.45) is 0 Å². The maximum absolute atomic E-state index is 12.3. The number of hydrogen-bond acceptors (Lipinski definition) is 4. The molecule has 1 amide bonds. The maximum atomic E-state index is 12.3. The molecule has 6 heteroatoms. The van der Waals surface area contributed by atoms with Gasteiger partial charge < -0.3 is 4.74 Å². The van der Waals surface area contributed by atoms with Crippen molar-refractivity contribution in [2.45, 2.75) is 20.5 Å². The molecule has 0 spiro atoms. The molecule has 1 fully saturated rings. The summed E-state index contributed by atoms with van der Waals surface area (Å²) >= 11 is 8.87. The van der Waals surface area contributed by atoms with E-state index in [1.807, 2.05) is 31.2 Å². The van der Waals surface area contributed by atoms with Crippen molar-refractivity contribution >= 4 is 62.9 Å². The van der Waals surface area contributed by atoms with Crippen LogP contribution in [0.3, 0.4) is 0 Å². The van der Waals surface area contributed by atoms with Gasteiger partial charge in [-0.05, 0) is 65.8 Å². The van der Waals surface area contributed by atoms with Crippen LogP contribution < -0.4 is 4.74 Å². The van der Waals surface area contributed by atoms with Gasteiger partial charge in [-0.1, -0.05) is 59.9 Å². The summed E-state index contributed by atoms with van der Waals surface area (Å²) in [4.78, 5) is 14.6. The Balaban J connectivity index is 1.71. The summed E-state index contributed by atoms with van der Waals surface area (Å²) < 4.78 is 7.56. The third-order valence-corrected chi connectivity index (χ3v) is 6.18. The SMILES string of the molecule is CCN1C(=O)/C(=C/c2ccc(OCc3ccc(C)cc3)c(I)c2)SC1=S. The average molecular weight is 495 g/mol. The Morgan fingerprint density at radius 1 is 1.23 bits per heavy atom. The zero-order chi connectivity index (χ0) is 18.7. The molecule has 0 aliphatic carbocycles. The molecule has 134 valence electrons. The van der Waals surface area contributed by atoms with Crippen LogP contribution in [-0.4, -0.2) is 21.7 Å². The Hall–Kier alpha value is -1.38. The van der Waals surface area contributed by atoms with Crippen LogP contribution in [0.15, 0.2) is 47.4 Å². The number of thioether (sulfide) groups is 1. The van der Waals surface area contributed by atoms with Gasteiger partial charge in [-0.2, -0.15) is 0 Å². The van der Waals surface area contributed by atoms with Crippen molar-refractivity contribution in [3.8, 4) is 5.75 Å². The maximum Gasteiger partial charge on any atom is 0.266 e. The van der Waals surface area contributed by atoms with E-state index in [9.17, 15) is 4.79 Å². The number of carbonyl (C=O) groups is 1. The number of thiocarbonyl (C=S) groups is 1. The van der Waals surface area contributed by atoms with Gasteiger partial charge in [-0.3, -0.25) is 9.69 Å². The Morgan fingerprint density at radius 3 is 2.58 bits per heavy atom. The van der Waals surface area contributed by atoms with E-state index in [0.29, 0.717) is 22.4 Å². The van der Waals surface area contributed by atoms with Gasteiger partial charge in [0.05, 0.1) is 8.48 Å². The fraction of sp³-hybridized carbons (Fsp3) is 0.200. The summed E-state index contributed by atoms with van der Waals surface area (Å²) in [5.41, 5.74) is 3.34. The minimum atomic E-state index is -0.0165. The lowest BCUT2D eigenvalue weighted by Crippen LogP contribution is -2.27. The Bertz CT molecular complexity index is 878. The van der Waals surface area contributed by atoms with Crippen LogP contribution in [0.1, 0.15) is 23.6 Å². The molecule has 2 aromatic rings. The Labute approximate surface area is 176 Å². The second kappa shape index (κ2) is 8.54. The zero-order valence-electron chi connectivity index (χ0n) is 14.5. The lowest BCUT2D eigenvalue weighted by Gasteiger charge is -2.10. The smallest absolute Gasteiger partial charge is 0.266 e. The van der Waals surface area contributed by atoms with Gasteiger partial charge in [0.1, 0.15) is 16.7 Å². The highest BCUT2D eigenvalue weighted by Crippen LogP contribution is 2.33. The Morgan fingerprint density at radius 2 is 1.96 bits per heavy atom. The summed E-state index contributed by atoms with van der Waals surface area (Å²) in [6.45, 7) is 5.13. The number of likely N-dealkylation sites (N-methyl/N-ethyl adjacent to an activating group) is 1. The lowest BCUT2D eigenvalue weighted by atomic mass is 10.1. The summed E-state index contributed by atoms with van der Waals surface area (Å²) in [5.74, 6) is 0.821. The molecular formula is C20H18INO2S2. The van der Waals surface area contributed by atoms with Crippen molar-refractivity contribution in [1.29, 1.82) is 0 Å². The molecule has 26 heavy (non-hydrogen) atoms. The summed E-state index contributed by atoms with van der Waals surface area (Å²) in [6, 6.07) is 14.2. The standard InChI is InChI=1S/C20H18INO2S2/c1-3-22-19(23)18(26-20(22)25)11-15-8-9-17(16(21)10-15)24-12-14-6-4-13(2)5-7-14/h4-11H,3,12H2,1-2H3/b18-11-. The van der Waals surface area contributed by atoms with E-state index < -0.39 is 0 Å². The monoisotopic (exact) mass is 495 g/mol. The van der Waals surface area contributed by atoms with Crippen molar-refractivity contribution in [2.75, 3.05) is 6.54 Å². The first-order valence-corrected chi connectivity index (χ1v) is 10.5. The molecule has 1 heterocycles. The number of benzene rings is 2. The molecule has 3 rings (SSSR count). The highest BCUT2D eigenvalue weighted by atomic mass is 127. The van der Waals surface area contributed by atoms with Crippen molar-refractivity contribution in [1.82, 2.24) is 4.90 Å². The second-order valence-corrected chi connectivity index (χ2v) is 8.73. The first kappa shape index (κ1) is 19.4. The van der Waals surface area contributed by atoms with Crippen LogP contribution >= 0.6 is 46.6 Å². The van der Waals surface area contributed by atoms with E-state index >= 15 is 0 Å². The Kier molecular flexibility index (Phi) is 6.37. The minimum Gasteiger partial charge on any atom is -0.488 e. The van der Waals surface area contributed by atoms with E-state index in [4.69, 9.17) is 17.0 Å². The van der Waals surface area contributed by atoms with Crippen molar-refractivity contribution in [3.63, 3.8) is 0 Å². The van der Waals surface area contributed by atoms with Gasteiger partial charge in [-0.15, -0.1) is 0 Å². The predicted octanol–water partition coefficient (Wildman–Crippen LogP) is 5.40. The fourth-order valence-electron chi connectivity index (χ4n) is 2.49. The summed E-state index contributed by atoms with van der Waals surface area (Å²) in [6.07, 6.45) is 1.89. The van der Waals surface area contributed by atoms with Crippen LogP contribution in [0, 0.1) is 10.5 Å². The van der Waals surface area contributed by atoms with Gasteiger partial charge >= 0.3 is 0 Å². The highest BCUT2D eigenvalue weighted by Gasteiger charge is 2.30. The number of aryl methyl sites for hydroxylation is 1. The quantitative estimate of drug-likeness (QED) is 0.316. The largest absolute Gasteiger partial charge is 0.488 e. The molecule has 0 atom stereocenters. The van der Waals surface area contributed by atoms with Gasteiger partial charge in [0, 0.05) is 6.54 Å². The zero-order valence-corrected chi connectivity index (χ0v) is 18.3. The molecule has 0 N–H and O–H groups in total. The first-order valence-electron chi connectivity index (χ1n) is 8.21. The molecule has 0 radical (unpaired) electrons. The van der Waals surface area contributed by atoms with Crippen LogP contribution in [0.2, 0.25) is 0 Å². The second-order valence-electron chi connectivity index (χ2n) is 5.89. The summed E-state index contributed by atoms with van der Waals surface area (Å²) in [7, 11) is 0. The molecule has 3 nitrogen and oxygen atoms in total. The fourth-order valence-corrected chi connectivity index (χ4v) is 4.57. The minimum absolute atomic E-state index is 0.0165. The van der Waals surface area contributed by atoms with E-state index in [0.717, 1.165) is 20.4 Å². The number of nitrogens with zero attached hydrogens (tertiary/aromatic N) is 1. The molecule has 0 bridgehead atoms. The van der Waals surface area contributed by atoms with Gasteiger partial charge in [0.25, 0.3) is 5.91 Å². The van der Waals surface area contributed by atoms with E-state index in [2.05, 4.69) is 53.8 Å². The van der Waals surface area contributed by atoms with E-state index in [-0.39, 0.29) is 5.91 Å². The normalized spacial score (nSPS) is 15.8. The number of carbonyl (C=O) groups excluding carboxylic acids is 1. The third-order valence-electron chi connectivity index (χ3n) is 3.96. The molecule has 0 unspecified atom stereocenters. The lowest BCUT2D eigenvalue weighted by molar-refractivity contribution is -0.121. The molecular weight excluding hydrogens is 477 g/mol. The van der Waals surface area contributed by atoms with Crippen LogP contribution in [0.4, 0.5) is 0 Å². The number of amides is 1. The van der Waals surface area contributed by atoms with E-state index in [1.165, 1.54) is 17.3 Å². The van der Waals surface area contributed by atoms with Gasteiger partial charge in [0.2, 0.25) is 0 Å². The number of ether oxygens (including phenoxy) is 1. The van der Waals surface area contributed by atoms with Crippen LogP contribution in [0.25, 0.3) is 6.08 Å². The molecule has 2 aromatic carbocycles. The topological polar surface area (TPSA) is 29.5 Å². The third kappa shape index (κ3) is 4.47. The van der Waals surface area contributed by atoms with Crippen LogP contribution in [-0.2, 0) is 11.4 Å². The molecule has 1 aliphatic rings. The molecule has 0 saturated carbocycles. The first-order chi connectivity index (χ1) is 12.5. The van der Waals surface area contributed by atoms with Crippen molar-refractivity contribution < 1.29 is 9.53 Å². The average Bonchev–Trinajstić information content (AvgIpc) is 2.88. The molecule has 0 aromatic heterocycles. The number of halogens is 1. The van der Waals surface area contributed by atoms with E-state index in [1.54, 1.807) is 4.90 Å². The van der Waals surface area contributed by atoms with Gasteiger partial charge in [0.15, 0.2) is 0 Å². The molecule has 1 aliphatic heterocycles. The molecule has 1 saturated heterocycles. The summed E-state index contributed by atoms with van der Waals surface area (Å²) in [5, 5.41) is 0. The number of hydrogen-bond donors (Lipinski definition) is 0. The van der Waals surface area contributed by atoms with Gasteiger partial charge in [-0.25, -0.2) is 0 Å². The predicted molar refractivity (Wildman–Crippen MR) is 120 cm³/mol. The highest BCUT2D eigenvalue weighted by molar-refractivity contribution is 14.1.